The summed E-state index contributed by atoms with van der Waals surface area (Å²) >= 11 is 2.25. The Labute approximate surface area is 186 Å². The lowest BCUT2D eigenvalue weighted by atomic mass is 9.98. The molecule has 30 heavy (non-hydrogen) atoms. The number of hydrogen-bond donors (Lipinski definition) is 1. The fraction of sp³-hybridized carbons (Fsp3) is 0.0417. The Hall–Kier alpha value is -3.26. The first-order valence-corrected chi connectivity index (χ1v) is 10.5. The summed E-state index contributed by atoms with van der Waals surface area (Å²) in [6.45, 7) is 1.86. The number of hydrogen-bond acceptors (Lipinski definition) is 4. The smallest absolute Gasteiger partial charge is 0.266 e. The van der Waals surface area contributed by atoms with E-state index in [1.165, 1.54) is 0 Å². The lowest BCUT2D eigenvalue weighted by Crippen LogP contribution is -2.22. The zero-order valence-electron chi connectivity index (χ0n) is 16.1. The van der Waals surface area contributed by atoms with Crippen molar-refractivity contribution in [3.63, 3.8) is 0 Å². The van der Waals surface area contributed by atoms with Crippen LogP contribution in [0.25, 0.3) is 38.5 Å². The Morgan fingerprint density at radius 3 is 2.60 bits per heavy atom. The van der Waals surface area contributed by atoms with Gasteiger partial charge in [0.15, 0.2) is 0 Å². The second-order valence-corrected chi connectivity index (χ2v) is 8.35. The maximum atomic E-state index is 13.6. The number of aryl methyl sites for hydroxylation is 1. The van der Waals surface area contributed by atoms with Crippen molar-refractivity contribution < 1.29 is 0 Å². The summed E-state index contributed by atoms with van der Waals surface area (Å²) in [6, 6.07) is 21.5. The summed E-state index contributed by atoms with van der Waals surface area (Å²) in [5, 5.41) is 2.46. The van der Waals surface area contributed by atoms with Crippen molar-refractivity contribution in [3.05, 3.63) is 92.7 Å². The molecule has 0 aliphatic carbocycles. The van der Waals surface area contributed by atoms with Gasteiger partial charge >= 0.3 is 0 Å². The zero-order chi connectivity index (χ0) is 20.8. The van der Waals surface area contributed by atoms with Crippen LogP contribution in [-0.2, 0) is 0 Å². The molecule has 0 radical (unpaired) electrons. The predicted molar refractivity (Wildman–Crippen MR) is 130 cm³/mol. The fourth-order valence-electron chi connectivity index (χ4n) is 3.83. The van der Waals surface area contributed by atoms with Gasteiger partial charge in [-0.3, -0.25) is 9.36 Å². The van der Waals surface area contributed by atoms with Gasteiger partial charge in [-0.2, -0.15) is 0 Å². The van der Waals surface area contributed by atoms with Gasteiger partial charge in [-0.05, 0) is 88.5 Å². The minimum absolute atomic E-state index is 0.0893. The molecule has 0 fully saturated rings. The molecule has 5 rings (SSSR count). The van der Waals surface area contributed by atoms with E-state index >= 15 is 0 Å². The SMILES string of the molecule is Cc1nc2cccc(-c3ccc4ccnc(N)c4c3)c2c(=O)n1-c1ccc(I)cc1. The molecule has 2 aromatic heterocycles. The van der Waals surface area contributed by atoms with Crippen molar-refractivity contribution in [1.82, 2.24) is 14.5 Å². The lowest BCUT2D eigenvalue weighted by molar-refractivity contribution is 0.895. The maximum absolute atomic E-state index is 13.6. The van der Waals surface area contributed by atoms with Crippen LogP contribution in [0.3, 0.4) is 0 Å². The molecule has 0 atom stereocenters. The van der Waals surface area contributed by atoms with E-state index in [-0.39, 0.29) is 5.56 Å². The van der Waals surface area contributed by atoms with E-state index in [0.717, 1.165) is 31.2 Å². The molecule has 0 saturated heterocycles. The van der Waals surface area contributed by atoms with Gasteiger partial charge in [0.05, 0.1) is 16.6 Å². The number of fused-ring (bicyclic) bond motifs is 2. The molecule has 5 aromatic rings. The summed E-state index contributed by atoms with van der Waals surface area (Å²) in [5.41, 5.74) is 9.21. The van der Waals surface area contributed by atoms with E-state index in [1.807, 2.05) is 73.7 Å². The van der Waals surface area contributed by atoms with Crippen LogP contribution in [0.1, 0.15) is 5.82 Å². The second kappa shape index (κ2) is 7.21. The number of aromatic nitrogens is 3. The van der Waals surface area contributed by atoms with Crippen LogP contribution in [-0.4, -0.2) is 14.5 Å². The Bertz CT molecular complexity index is 1490. The van der Waals surface area contributed by atoms with Crippen LogP contribution in [0.2, 0.25) is 0 Å². The molecule has 0 aliphatic rings. The number of nitrogens with zero attached hydrogens (tertiary/aromatic N) is 3. The van der Waals surface area contributed by atoms with Crippen LogP contribution in [0, 0.1) is 10.5 Å². The van der Waals surface area contributed by atoms with Crippen molar-refractivity contribution in [2.24, 2.45) is 0 Å². The van der Waals surface area contributed by atoms with Crippen LogP contribution < -0.4 is 11.3 Å². The summed E-state index contributed by atoms with van der Waals surface area (Å²) in [6.07, 6.45) is 1.70. The Balaban J connectivity index is 1.82. The standard InChI is InChI=1S/C24H17IN4O/c1-14-28-21-4-2-3-19(16-6-5-15-11-12-27-23(26)20(15)13-16)22(21)24(30)29(14)18-9-7-17(25)8-10-18/h2-13H,1H3,(H2,26,27). The Morgan fingerprint density at radius 1 is 1.00 bits per heavy atom. The highest BCUT2D eigenvalue weighted by Gasteiger charge is 2.15. The summed E-state index contributed by atoms with van der Waals surface area (Å²) in [4.78, 5) is 22.6. The second-order valence-electron chi connectivity index (χ2n) is 7.11. The van der Waals surface area contributed by atoms with Gasteiger partial charge in [-0.25, -0.2) is 9.97 Å². The molecule has 0 unspecified atom stereocenters. The van der Waals surface area contributed by atoms with Crippen LogP contribution in [0.15, 0.2) is 77.7 Å². The number of nitrogens with two attached hydrogens (primary N) is 1. The van der Waals surface area contributed by atoms with Crippen molar-refractivity contribution >= 4 is 50.1 Å². The predicted octanol–water partition coefficient (Wildman–Crippen LogP) is 5.10. The number of nitrogen functional groups attached to an aromatic ring is 1. The highest BCUT2D eigenvalue weighted by molar-refractivity contribution is 14.1. The number of pyridine rings is 1. The number of benzene rings is 3. The van der Waals surface area contributed by atoms with Gasteiger partial charge in [0.25, 0.3) is 5.56 Å². The van der Waals surface area contributed by atoms with Crippen molar-refractivity contribution in [2.45, 2.75) is 6.92 Å². The van der Waals surface area contributed by atoms with E-state index in [2.05, 4.69) is 27.6 Å². The number of rotatable bonds is 2. The van der Waals surface area contributed by atoms with Crippen LogP contribution >= 0.6 is 22.6 Å². The van der Waals surface area contributed by atoms with E-state index in [4.69, 9.17) is 10.7 Å². The molecule has 3 aromatic carbocycles. The fourth-order valence-corrected chi connectivity index (χ4v) is 4.19. The summed E-state index contributed by atoms with van der Waals surface area (Å²) in [5.74, 6) is 1.12. The Morgan fingerprint density at radius 2 is 1.80 bits per heavy atom. The van der Waals surface area contributed by atoms with Gasteiger partial charge in [0.1, 0.15) is 11.6 Å². The van der Waals surface area contributed by atoms with Crippen LogP contribution in [0.5, 0.6) is 0 Å². The quantitative estimate of drug-likeness (QED) is 0.340. The topological polar surface area (TPSA) is 73.8 Å². The van der Waals surface area contributed by atoms with Gasteiger partial charge in [-0.1, -0.05) is 24.3 Å². The summed E-state index contributed by atoms with van der Waals surface area (Å²) < 4.78 is 2.78. The van der Waals surface area contributed by atoms with Gasteiger partial charge in [0, 0.05) is 15.2 Å². The first-order chi connectivity index (χ1) is 14.5. The number of halogens is 1. The maximum Gasteiger partial charge on any atom is 0.266 e. The molecular formula is C24H17IN4O. The monoisotopic (exact) mass is 504 g/mol. The molecule has 5 nitrogen and oxygen atoms in total. The molecule has 6 heteroatoms. The molecule has 0 aliphatic heterocycles. The van der Waals surface area contributed by atoms with Crippen molar-refractivity contribution in [2.75, 3.05) is 5.73 Å². The molecule has 2 N–H and O–H groups in total. The molecular weight excluding hydrogens is 487 g/mol. The minimum Gasteiger partial charge on any atom is -0.383 e. The molecule has 0 saturated carbocycles. The van der Waals surface area contributed by atoms with Crippen LogP contribution in [0.4, 0.5) is 5.82 Å². The molecule has 0 bridgehead atoms. The van der Waals surface area contributed by atoms with E-state index in [9.17, 15) is 4.79 Å². The third-order valence-corrected chi connectivity index (χ3v) is 5.98. The normalized spacial score (nSPS) is 11.3. The first kappa shape index (κ1) is 18.7. The minimum atomic E-state index is -0.0893. The average molecular weight is 504 g/mol. The Kier molecular flexibility index (Phi) is 4.51. The number of anilines is 1. The highest BCUT2D eigenvalue weighted by atomic mass is 127. The van der Waals surface area contributed by atoms with Crippen molar-refractivity contribution in [3.8, 4) is 16.8 Å². The zero-order valence-corrected chi connectivity index (χ0v) is 18.3. The average Bonchev–Trinajstić information content (AvgIpc) is 2.75. The highest BCUT2D eigenvalue weighted by Crippen LogP contribution is 2.30. The largest absolute Gasteiger partial charge is 0.383 e. The molecule has 2 heterocycles. The van der Waals surface area contributed by atoms with Gasteiger partial charge in [0.2, 0.25) is 0 Å². The third kappa shape index (κ3) is 3.04. The summed E-state index contributed by atoms with van der Waals surface area (Å²) in [7, 11) is 0. The van der Waals surface area contributed by atoms with E-state index < -0.39 is 0 Å². The molecule has 0 amide bonds. The first-order valence-electron chi connectivity index (χ1n) is 9.46. The molecule has 146 valence electrons. The van der Waals surface area contributed by atoms with Crippen molar-refractivity contribution in [1.29, 1.82) is 0 Å². The van der Waals surface area contributed by atoms with Gasteiger partial charge < -0.3 is 5.73 Å². The van der Waals surface area contributed by atoms with Gasteiger partial charge in [-0.15, -0.1) is 0 Å². The lowest BCUT2D eigenvalue weighted by Gasteiger charge is -2.14. The molecule has 0 spiro atoms. The van der Waals surface area contributed by atoms with E-state index in [0.29, 0.717) is 22.5 Å². The third-order valence-electron chi connectivity index (χ3n) is 5.26. The van der Waals surface area contributed by atoms with E-state index in [1.54, 1.807) is 10.8 Å².